The third-order valence-electron chi connectivity index (χ3n) is 4.13. The first-order chi connectivity index (χ1) is 9.15. The maximum absolute atomic E-state index is 6.10. The number of nitrogens with two attached hydrogens (primary N) is 1. The van der Waals surface area contributed by atoms with Gasteiger partial charge in [-0.2, -0.15) is 0 Å². The Balaban J connectivity index is 2.19. The molecule has 2 rings (SSSR count). The predicted molar refractivity (Wildman–Crippen MR) is 83.8 cm³/mol. The molecule has 2 heterocycles. The van der Waals surface area contributed by atoms with Gasteiger partial charge in [-0.15, -0.1) is 11.3 Å². The molecule has 1 aromatic rings. The normalized spacial score (nSPS) is 24.3. The molecule has 1 aliphatic rings. The summed E-state index contributed by atoms with van der Waals surface area (Å²) in [5, 5.41) is 0. The number of rotatable bonds is 4. The van der Waals surface area contributed by atoms with Gasteiger partial charge in [0.15, 0.2) is 0 Å². The van der Waals surface area contributed by atoms with Crippen molar-refractivity contribution in [2.75, 3.05) is 33.2 Å². The summed E-state index contributed by atoms with van der Waals surface area (Å²) >= 11 is 1.90. The molecule has 19 heavy (non-hydrogen) atoms. The van der Waals surface area contributed by atoms with E-state index in [2.05, 4.69) is 42.8 Å². The molecule has 1 aliphatic heterocycles. The van der Waals surface area contributed by atoms with Crippen LogP contribution in [0.15, 0.2) is 12.1 Å². The number of hydrogen-bond donors (Lipinski definition) is 1. The van der Waals surface area contributed by atoms with Crippen LogP contribution in [0.5, 0.6) is 0 Å². The summed E-state index contributed by atoms with van der Waals surface area (Å²) in [5.74, 6) is 0. The van der Waals surface area contributed by atoms with Crippen molar-refractivity contribution in [3.8, 4) is 0 Å². The quantitative estimate of drug-likeness (QED) is 0.920. The molecule has 0 bridgehead atoms. The molecule has 4 heteroatoms. The van der Waals surface area contributed by atoms with Crippen LogP contribution >= 0.6 is 11.3 Å². The van der Waals surface area contributed by atoms with Crippen LogP contribution in [0.2, 0.25) is 0 Å². The Labute approximate surface area is 121 Å². The molecule has 3 nitrogen and oxygen atoms in total. The van der Waals surface area contributed by atoms with Crippen molar-refractivity contribution in [1.29, 1.82) is 0 Å². The van der Waals surface area contributed by atoms with E-state index in [1.165, 1.54) is 35.7 Å². The molecule has 2 unspecified atom stereocenters. The summed E-state index contributed by atoms with van der Waals surface area (Å²) in [6.45, 7) is 8.73. The lowest BCUT2D eigenvalue weighted by molar-refractivity contribution is 0.133. The van der Waals surface area contributed by atoms with Crippen LogP contribution in [0.3, 0.4) is 0 Å². The number of hydrogen-bond acceptors (Lipinski definition) is 4. The number of thiophene rings is 1. The Morgan fingerprint density at radius 3 is 2.79 bits per heavy atom. The van der Waals surface area contributed by atoms with E-state index in [1.54, 1.807) is 0 Å². The summed E-state index contributed by atoms with van der Waals surface area (Å²) in [5.41, 5.74) is 6.10. The average molecular weight is 281 g/mol. The number of likely N-dealkylation sites (N-methyl/N-ethyl adjacent to an activating group) is 1. The third-order valence-corrected chi connectivity index (χ3v) is 5.23. The zero-order valence-electron chi connectivity index (χ0n) is 12.4. The molecule has 1 aromatic heterocycles. The maximum Gasteiger partial charge on any atom is 0.0567 e. The standard InChI is InChI=1S/C15H27N3S/c1-4-13-11-17(3)8-5-9-18(13)14(10-16)15-7-6-12(2)19-15/h6-7,13-14H,4-5,8-11,16H2,1-3H3. The molecule has 0 aromatic carbocycles. The van der Waals surface area contributed by atoms with Crippen molar-refractivity contribution in [1.82, 2.24) is 9.80 Å². The van der Waals surface area contributed by atoms with Crippen LogP contribution in [0, 0.1) is 6.92 Å². The summed E-state index contributed by atoms with van der Waals surface area (Å²) in [4.78, 5) is 7.92. The summed E-state index contributed by atoms with van der Waals surface area (Å²) in [7, 11) is 2.24. The highest BCUT2D eigenvalue weighted by Gasteiger charge is 2.29. The molecule has 0 spiro atoms. The number of nitrogens with zero attached hydrogens (tertiary/aromatic N) is 2. The average Bonchev–Trinajstić information content (AvgIpc) is 2.72. The molecule has 108 valence electrons. The zero-order valence-corrected chi connectivity index (χ0v) is 13.2. The van der Waals surface area contributed by atoms with Crippen LogP contribution < -0.4 is 5.73 Å². The minimum atomic E-state index is 0.398. The Morgan fingerprint density at radius 1 is 1.42 bits per heavy atom. The van der Waals surface area contributed by atoms with Gasteiger partial charge in [-0.25, -0.2) is 0 Å². The fourth-order valence-corrected chi connectivity index (χ4v) is 4.09. The van der Waals surface area contributed by atoms with Gasteiger partial charge in [-0.3, -0.25) is 4.90 Å². The zero-order chi connectivity index (χ0) is 13.8. The van der Waals surface area contributed by atoms with E-state index in [-0.39, 0.29) is 0 Å². The Kier molecular flexibility index (Phi) is 5.39. The minimum absolute atomic E-state index is 0.398. The first-order valence-electron chi connectivity index (χ1n) is 7.36. The lowest BCUT2D eigenvalue weighted by Gasteiger charge is -2.36. The van der Waals surface area contributed by atoms with Crippen LogP contribution in [0.4, 0.5) is 0 Å². The monoisotopic (exact) mass is 281 g/mol. The summed E-state index contributed by atoms with van der Waals surface area (Å²) in [6.07, 6.45) is 2.44. The highest BCUT2D eigenvalue weighted by Crippen LogP contribution is 2.30. The van der Waals surface area contributed by atoms with Gasteiger partial charge in [0.1, 0.15) is 0 Å². The molecule has 0 saturated carbocycles. The smallest absolute Gasteiger partial charge is 0.0567 e. The third kappa shape index (κ3) is 3.57. The van der Waals surface area contributed by atoms with Gasteiger partial charge in [0.2, 0.25) is 0 Å². The molecular formula is C15H27N3S. The SMILES string of the molecule is CCC1CN(C)CCCN1C(CN)c1ccc(C)s1. The summed E-state index contributed by atoms with van der Waals surface area (Å²) in [6, 6.07) is 5.51. The topological polar surface area (TPSA) is 32.5 Å². The lowest BCUT2D eigenvalue weighted by atomic mass is 10.1. The summed E-state index contributed by atoms with van der Waals surface area (Å²) < 4.78 is 0. The van der Waals surface area contributed by atoms with E-state index in [0.717, 1.165) is 13.1 Å². The van der Waals surface area contributed by atoms with Gasteiger partial charge in [-0.05, 0) is 45.5 Å². The van der Waals surface area contributed by atoms with Gasteiger partial charge in [0.05, 0.1) is 6.04 Å². The second-order valence-electron chi connectivity index (χ2n) is 5.62. The van der Waals surface area contributed by atoms with Crippen LogP contribution in [0.25, 0.3) is 0 Å². The van der Waals surface area contributed by atoms with Gasteiger partial charge >= 0.3 is 0 Å². The van der Waals surface area contributed by atoms with Crippen molar-refractivity contribution in [2.24, 2.45) is 5.73 Å². The van der Waals surface area contributed by atoms with Crippen molar-refractivity contribution in [2.45, 2.75) is 38.8 Å². The van der Waals surface area contributed by atoms with E-state index in [1.807, 2.05) is 11.3 Å². The van der Waals surface area contributed by atoms with Gasteiger partial charge in [-0.1, -0.05) is 6.92 Å². The highest BCUT2D eigenvalue weighted by molar-refractivity contribution is 7.12. The van der Waals surface area contributed by atoms with E-state index in [4.69, 9.17) is 5.73 Å². The van der Waals surface area contributed by atoms with Crippen LogP contribution in [-0.2, 0) is 0 Å². The van der Waals surface area contributed by atoms with E-state index < -0.39 is 0 Å². The van der Waals surface area contributed by atoms with Crippen molar-refractivity contribution in [3.05, 3.63) is 21.9 Å². The fraction of sp³-hybridized carbons (Fsp3) is 0.733. The van der Waals surface area contributed by atoms with Gasteiger partial charge < -0.3 is 10.6 Å². The molecule has 0 radical (unpaired) electrons. The molecule has 1 fully saturated rings. The molecule has 2 atom stereocenters. The molecule has 0 amide bonds. The van der Waals surface area contributed by atoms with E-state index in [0.29, 0.717) is 12.1 Å². The molecule has 2 N–H and O–H groups in total. The maximum atomic E-state index is 6.10. The fourth-order valence-electron chi connectivity index (χ4n) is 3.08. The van der Waals surface area contributed by atoms with Crippen LogP contribution in [-0.4, -0.2) is 49.1 Å². The number of aryl methyl sites for hydroxylation is 1. The van der Waals surface area contributed by atoms with E-state index in [9.17, 15) is 0 Å². The van der Waals surface area contributed by atoms with Crippen LogP contribution in [0.1, 0.15) is 35.6 Å². The van der Waals surface area contributed by atoms with Crippen molar-refractivity contribution < 1.29 is 0 Å². The second kappa shape index (κ2) is 6.84. The highest BCUT2D eigenvalue weighted by atomic mass is 32.1. The minimum Gasteiger partial charge on any atom is -0.329 e. The van der Waals surface area contributed by atoms with Gasteiger partial charge in [0.25, 0.3) is 0 Å². The Hall–Kier alpha value is -0.420. The first-order valence-corrected chi connectivity index (χ1v) is 8.18. The van der Waals surface area contributed by atoms with Crippen molar-refractivity contribution >= 4 is 11.3 Å². The largest absolute Gasteiger partial charge is 0.329 e. The van der Waals surface area contributed by atoms with Gasteiger partial charge in [0, 0.05) is 35.4 Å². The molecule has 0 aliphatic carbocycles. The molecule has 1 saturated heterocycles. The second-order valence-corrected chi connectivity index (χ2v) is 6.94. The molecular weight excluding hydrogens is 254 g/mol. The van der Waals surface area contributed by atoms with Crippen molar-refractivity contribution in [3.63, 3.8) is 0 Å². The lowest BCUT2D eigenvalue weighted by Crippen LogP contribution is -2.44. The first kappa shape index (κ1) is 15.0. The Bertz CT molecular complexity index is 390. The van der Waals surface area contributed by atoms with E-state index >= 15 is 0 Å². The Morgan fingerprint density at radius 2 is 2.21 bits per heavy atom. The predicted octanol–water partition coefficient (Wildman–Crippen LogP) is 2.47.